The van der Waals surface area contributed by atoms with Gasteiger partial charge in [0, 0.05) is 45.3 Å². The number of alkyl halides is 6. The van der Waals surface area contributed by atoms with Crippen LogP contribution < -0.4 is 0 Å². The van der Waals surface area contributed by atoms with E-state index in [1.54, 1.807) is 0 Å². The molecule has 1 aliphatic rings. The Labute approximate surface area is 213 Å². The topological polar surface area (TPSA) is 26.8 Å². The number of benzene rings is 2. The zero-order valence-electron chi connectivity index (χ0n) is 21.5. The van der Waals surface area contributed by atoms with Crippen LogP contribution in [0.5, 0.6) is 0 Å². The zero-order chi connectivity index (χ0) is 27.6. The molecule has 10 heteroatoms. The average molecular weight is 530 g/mol. The van der Waals surface area contributed by atoms with Crippen LogP contribution in [0.25, 0.3) is 0 Å². The highest BCUT2D eigenvalue weighted by Gasteiger charge is 2.37. The smallest absolute Gasteiger partial charge is 0.344 e. The third kappa shape index (κ3) is 7.47. The highest BCUT2D eigenvalue weighted by Crippen LogP contribution is 2.36. The summed E-state index contributed by atoms with van der Waals surface area (Å²) in [5, 5.41) is 0. The molecule has 1 aliphatic heterocycles. The SMILES string of the molecule is CN(CCc1cc(C(F)(F)F)cc(C(F)(F)F)c1)C(=O)C(c1ccccc1)N1CCN(C(C)(C)C)CC1. The summed E-state index contributed by atoms with van der Waals surface area (Å²) < 4.78 is 79.3. The summed E-state index contributed by atoms with van der Waals surface area (Å²) in [6.45, 7) is 9.22. The van der Waals surface area contributed by atoms with Gasteiger partial charge in [0.2, 0.25) is 5.91 Å². The fraction of sp³-hybridized carbons (Fsp3) is 0.519. The molecule has 3 rings (SSSR count). The number of rotatable bonds is 6. The van der Waals surface area contributed by atoms with Crippen LogP contribution in [-0.4, -0.2) is 65.9 Å². The second kappa shape index (κ2) is 11.0. The molecule has 2 aromatic carbocycles. The zero-order valence-corrected chi connectivity index (χ0v) is 21.5. The van der Waals surface area contributed by atoms with Crippen LogP contribution in [0.4, 0.5) is 26.3 Å². The van der Waals surface area contributed by atoms with Crippen LogP contribution >= 0.6 is 0 Å². The molecule has 1 heterocycles. The van der Waals surface area contributed by atoms with Crippen molar-refractivity contribution < 1.29 is 31.1 Å². The van der Waals surface area contributed by atoms with Crippen molar-refractivity contribution in [2.75, 3.05) is 39.8 Å². The largest absolute Gasteiger partial charge is 0.416 e. The minimum absolute atomic E-state index is 0.00461. The van der Waals surface area contributed by atoms with Gasteiger partial charge in [0.25, 0.3) is 0 Å². The van der Waals surface area contributed by atoms with Crippen molar-refractivity contribution in [3.63, 3.8) is 0 Å². The van der Waals surface area contributed by atoms with Gasteiger partial charge in [-0.05, 0) is 56.5 Å². The third-order valence-corrected chi connectivity index (χ3v) is 6.74. The highest BCUT2D eigenvalue weighted by molar-refractivity contribution is 5.83. The van der Waals surface area contributed by atoms with Crippen molar-refractivity contribution in [2.45, 2.75) is 51.1 Å². The third-order valence-electron chi connectivity index (χ3n) is 6.74. The maximum Gasteiger partial charge on any atom is 0.416 e. The van der Waals surface area contributed by atoms with Crippen LogP contribution in [0, 0.1) is 0 Å². The molecule has 0 aromatic heterocycles. The van der Waals surface area contributed by atoms with Crippen molar-refractivity contribution in [3.8, 4) is 0 Å². The fourth-order valence-corrected chi connectivity index (χ4v) is 4.58. The maximum absolute atomic E-state index is 13.6. The summed E-state index contributed by atoms with van der Waals surface area (Å²) in [6.07, 6.45) is -9.97. The number of likely N-dealkylation sites (N-methyl/N-ethyl adjacent to an activating group) is 1. The first-order valence-corrected chi connectivity index (χ1v) is 12.1. The van der Waals surface area contributed by atoms with E-state index in [-0.39, 0.29) is 36.0 Å². The number of carbonyl (C=O) groups is 1. The Morgan fingerprint density at radius 3 is 1.84 bits per heavy atom. The Balaban J connectivity index is 1.79. The lowest BCUT2D eigenvalue weighted by atomic mass is 10.00. The van der Waals surface area contributed by atoms with Crippen LogP contribution in [0.3, 0.4) is 0 Å². The van der Waals surface area contributed by atoms with Gasteiger partial charge >= 0.3 is 12.4 Å². The molecule has 1 fully saturated rings. The van der Waals surface area contributed by atoms with E-state index in [2.05, 4.69) is 30.6 Å². The Hall–Kier alpha value is -2.59. The maximum atomic E-state index is 13.6. The summed E-state index contributed by atoms with van der Waals surface area (Å²) in [7, 11) is 1.53. The number of nitrogens with zero attached hydrogens (tertiary/aromatic N) is 3. The van der Waals surface area contributed by atoms with Crippen molar-refractivity contribution in [1.82, 2.24) is 14.7 Å². The van der Waals surface area contributed by atoms with Crippen LogP contribution in [0.1, 0.15) is 49.1 Å². The molecule has 0 radical (unpaired) electrons. The predicted octanol–water partition coefficient (Wildman–Crippen LogP) is 5.88. The molecule has 1 unspecified atom stereocenters. The van der Waals surface area contributed by atoms with Gasteiger partial charge in [0.1, 0.15) is 6.04 Å². The first-order chi connectivity index (χ1) is 17.1. The normalized spacial score (nSPS) is 17.0. The van der Waals surface area contributed by atoms with Crippen LogP contribution in [-0.2, 0) is 23.6 Å². The van der Waals surface area contributed by atoms with Gasteiger partial charge in [0.05, 0.1) is 11.1 Å². The van der Waals surface area contributed by atoms with Gasteiger partial charge < -0.3 is 4.90 Å². The summed E-state index contributed by atoms with van der Waals surface area (Å²) in [4.78, 5) is 19.4. The second-order valence-electron chi connectivity index (χ2n) is 10.4. The Morgan fingerprint density at radius 2 is 1.38 bits per heavy atom. The van der Waals surface area contributed by atoms with E-state index in [0.717, 1.165) is 18.7 Å². The second-order valence-corrected chi connectivity index (χ2v) is 10.4. The van der Waals surface area contributed by atoms with Crippen molar-refractivity contribution >= 4 is 5.91 Å². The first kappa shape index (κ1) is 29.0. The van der Waals surface area contributed by atoms with Crippen LogP contribution in [0.15, 0.2) is 48.5 Å². The van der Waals surface area contributed by atoms with Crippen molar-refractivity contribution in [1.29, 1.82) is 0 Å². The average Bonchev–Trinajstić information content (AvgIpc) is 2.82. The molecule has 0 bridgehead atoms. The molecule has 1 atom stereocenters. The molecular weight excluding hydrogens is 496 g/mol. The minimum Gasteiger partial charge on any atom is -0.344 e. The molecule has 0 saturated carbocycles. The number of hydrogen-bond donors (Lipinski definition) is 0. The first-order valence-electron chi connectivity index (χ1n) is 12.1. The molecule has 0 aliphatic carbocycles. The van der Waals surface area contributed by atoms with Gasteiger partial charge in [-0.3, -0.25) is 14.6 Å². The quantitative estimate of drug-likeness (QED) is 0.437. The predicted molar refractivity (Wildman–Crippen MR) is 130 cm³/mol. The van der Waals surface area contributed by atoms with E-state index in [4.69, 9.17) is 0 Å². The number of amides is 1. The van der Waals surface area contributed by atoms with E-state index >= 15 is 0 Å². The molecular formula is C27H33F6N3O. The van der Waals surface area contributed by atoms with E-state index in [1.807, 2.05) is 30.3 Å². The Morgan fingerprint density at radius 1 is 0.865 bits per heavy atom. The standard InChI is InChI=1S/C27H33F6N3O/c1-25(2,3)36-14-12-35(13-15-36)23(20-8-6-5-7-9-20)24(37)34(4)11-10-19-16-21(26(28,29)30)18-22(17-19)27(31,32)33/h5-9,16-18,23H,10-15H2,1-4H3. The van der Waals surface area contributed by atoms with Gasteiger partial charge in [-0.1, -0.05) is 30.3 Å². The molecule has 2 aromatic rings. The highest BCUT2D eigenvalue weighted by atomic mass is 19.4. The van der Waals surface area contributed by atoms with Gasteiger partial charge in [-0.15, -0.1) is 0 Å². The van der Waals surface area contributed by atoms with Crippen LogP contribution in [0.2, 0.25) is 0 Å². The monoisotopic (exact) mass is 529 g/mol. The number of piperazine rings is 1. The molecule has 1 amide bonds. The van der Waals surface area contributed by atoms with Gasteiger partial charge in [-0.25, -0.2) is 0 Å². The van der Waals surface area contributed by atoms with Gasteiger partial charge in [-0.2, -0.15) is 26.3 Å². The Bertz CT molecular complexity index is 1020. The van der Waals surface area contributed by atoms with E-state index < -0.39 is 29.5 Å². The fourth-order valence-electron chi connectivity index (χ4n) is 4.58. The molecule has 4 nitrogen and oxygen atoms in total. The summed E-state index contributed by atoms with van der Waals surface area (Å²) in [6, 6.07) is 10.2. The molecule has 1 saturated heterocycles. The minimum atomic E-state index is -4.91. The van der Waals surface area contributed by atoms with E-state index in [9.17, 15) is 31.1 Å². The molecule has 0 N–H and O–H groups in total. The van der Waals surface area contributed by atoms with E-state index in [0.29, 0.717) is 25.2 Å². The molecule has 204 valence electrons. The molecule has 37 heavy (non-hydrogen) atoms. The van der Waals surface area contributed by atoms with Gasteiger partial charge in [0.15, 0.2) is 0 Å². The lowest BCUT2D eigenvalue weighted by Gasteiger charge is -2.44. The van der Waals surface area contributed by atoms with E-state index in [1.165, 1.54) is 11.9 Å². The lowest BCUT2D eigenvalue weighted by molar-refractivity contribution is -0.143. The lowest BCUT2D eigenvalue weighted by Crippen LogP contribution is -2.55. The molecule has 0 spiro atoms. The summed E-state index contributed by atoms with van der Waals surface area (Å²) in [5.41, 5.74) is -2.05. The Kier molecular flexibility index (Phi) is 8.64. The number of hydrogen-bond acceptors (Lipinski definition) is 3. The number of carbonyl (C=O) groups excluding carboxylic acids is 1. The summed E-state index contributed by atoms with van der Waals surface area (Å²) in [5.74, 6) is -0.251. The van der Waals surface area contributed by atoms with Crippen molar-refractivity contribution in [2.24, 2.45) is 0 Å². The number of halogens is 6. The summed E-state index contributed by atoms with van der Waals surface area (Å²) >= 11 is 0. The van der Waals surface area contributed by atoms with Crippen molar-refractivity contribution in [3.05, 3.63) is 70.8 Å².